The molecule has 2 rings (SSSR count). The van der Waals surface area contributed by atoms with Crippen LogP contribution >= 0.6 is 0 Å². The first-order chi connectivity index (χ1) is 9.61. The monoisotopic (exact) mass is 270 g/mol. The van der Waals surface area contributed by atoms with Gasteiger partial charge in [0.25, 0.3) is 0 Å². The van der Waals surface area contributed by atoms with Gasteiger partial charge >= 0.3 is 0 Å². The smallest absolute Gasteiger partial charge is 0.128 e. The molecule has 0 amide bonds. The van der Waals surface area contributed by atoms with Crippen molar-refractivity contribution >= 4 is 5.82 Å². The Bertz CT molecular complexity index is 554. The summed E-state index contributed by atoms with van der Waals surface area (Å²) >= 11 is 0. The molecule has 0 aliphatic rings. The average Bonchev–Trinajstić information content (AvgIpc) is 2.47. The van der Waals surface area contributed by atoms with E-state index in [4.69, 9.17) is 0 Å². The molecule has 0 spiro atoms. The van der Waals surface area contributed by atoms with Gasteiger partial charge in [-0.25, -0.2) is 4.98 Å². The summed E-state index contributed by atoms with van der Waals surface area (Å²) < 4.78 is 0. The minimum absolute atomic E-state index is 0.420. The molecule has 0 saturated heterocycles. The van der Waals surface area contributed by atoms with E-state index in [9.17, 15) is 5.11 Å². The van der Waals surface area contributed by atoms with Crippen LogP contribution in [0.3, 0.4) is 0 Å². The van der Waals surface area contributed by atoms with Crippen molar-refractivity contribution in [2.75, 3.05) is 11.9 Å². The fourth-order valence-corrected chi connectivity index (χ4v) is 2.28. The Labute approximate surface area is 120 Å². The zero-order valence-corrected chi connectivity index (χ0v) is 12.4. The second-order valence-electron chi connectivity index (χ2n) is 5.11. The molecule has 106 valence electrons. The lowest BCUT2D eigenvalue weighted by Crippen LogP contribution is -2.18. The van der Waals surface area contributed by atoms with Crippen molar-refractivity contribution in [3.05, 3.63) is 59.3 Å². The summed E-state index contributed by atoms with van der Waals surface area (Å²) in [6, 6.07) is 14.3. The zero-order chi connectivity index (χ0) is 14.5. The number of benzene rings is 1. The number of pyridine rings is 1. The average molecular weight is 270 g/mol. The van der Waals surface area contributed by atoms with Gasteiger partial charge in [0.2, 0.25) is 0 Å². The maximum atomic E-state index is 9.92. The van der Waals surface area contributed by atoms with Gasteiger partial charge in [0.05, 0.1) is 6.10 Å². The summed E-state index contributed by atoms with van der Waals surface area (Å²) in [6.07, 6.45) is 0.290. The number of rotatable bonds is 5. The molecule has 0 aliphatic carbocycles. The normalized spacial score (nSPS) is 12.2. The van der Waals surface area contributed by atoms with Crippen molar-refractivity contribution in [3.8, 4) is 0 Å². The predicted octanol–water partition coefficient (Wildman–Crippen LogP) is 3.47. The molecule has 3 heteroatoms. The highest BCUT2D eigenvalue weighted by atomic mass is 16.3. The first-order valence-corrected chi connectivity index (χ1v) is 7.02. The van der Waals surface area contributed by atoms with Crippen LogP contribution in [0.2, 0.25) is 0 Å². The third-order valence-electron chi connectivity index (χ3n) is 3.51. The van der Waals surface area contributed by atoms with E-state index in [2.05, 4.69) is 22.0 Å². The topological polar surface area (TPSA) is 36.4 Å². The van der Waals surface area contributed by atoms with Crippen LogP contribution in [0.25, 0.3) is 0 Å². The molecular formula is C17H22N2O. The van der Waals surface area contributed by atoms with Gasteiger partial charge in [-0.05, 0) is 25.0 Å². The Kier molecular flexibility index (Phi) is 4.74. The summed E-state index contributed by atoms with van der Waals surface area (Å²) in [5, 5.41) is 9.92. The highest BCUT2D eigenvalue weighted by Gasteiger charge is 2.11. The molecule has 2 aromatic rings. The van der Waals surface area contributed by atoms with E-state index in [1.807, 2.05) is 51.2 Å². The molecule has 0 bridgehead atoms. The maximum Gasteiger partial charge on any atom is 0.128 e. The first-order valence-electron chi connectivity index (χ1n) is 7.02. The molecule has 1 aromatic carbocycles. The van der Waals surface area contributed by atoms with Gasteiger partial charge in [-0.2, -0.15) is 0 Å². The van der Waals surface area contributed by atoms with Crippen molar-refractivity contribution in [3.63, 3.8) is 0 Å². The fourth-order valence-electron chi connectivity index (χ4n) is 2.28. The van der Waals surface area contributed by atoms with Crippen LogP contribution in [-0.2, 0) is 6.54 Å². The van der Waals surface area contributed by atoms with Crippen LogP contribution < -0.4 is 4.90 Å². The highest BCUT2D eigenvalue weighted by molar-refractivity contribution is 5.42. The lowest BCUT2D eigenvalue weighted by atomic mass is 10.1. The van der Waals surface area contributed by atoms with Crippen molar-refractivity contribution in [1.82, 2.24) is 4.98 Å². The Balaban J connectivity index is 2.15. The molecule has 0 fully saturated rings. The van der Waals surface area contributed by atoms with Crippen molar-refractivity contribution < 1.29 is 5.11 Å². The van der Waals surface area contributed by atoms with E-state index >= 15 is 0 Å². The second-order valence-corrected chi connectivity index (χ2v) is 5.11. The minimum atomic E-state index is -0.420. The van der Waals surface area contributed by atoms with Crippen molar-refractivity contribution in [2.45, 2.75) is 32.9 Å². The number of aromatic nitrogens is 1. The summed E-state index contributed by atoms with van der Waals surface area (Å²) in [7, 11) is 2.03. The summed E-state index contributed by atoms with van der Waals surface area (Å²) in [6.45, 7) is 4.75. The third-order valence-corrected chi connectivity index (χ3v) is 3.51. The summed E-state index contributed by atoms with van der Waals surface area (Å²) in [5.41, 5.74) is 3.08. The van der Waals surface area contributed by atoms with Crippen LogP contribution in [0, 0.1) is 6.92 Å². The molecular weight excluding hydrogens is 248 g/mol. The Morgan fingerprint density at radius 3 is 2.45 bits per heavy atom. The minimum Gasteiger partial charge on any atom is -0.388 e. The van der Waals surface area contributed by atoms with Crippen molar-refractivity contribution in [2.24, 2.45) is 0 Å². The number of aliphatic hydroxyl groups excluding tert-OH is 1. The van der Waals surface area contributed by atoms with E-state index < -0.39 is 6.10 Å². The Hall–Kier alpha value is -1.87. The number of anilines is 1. The molecule has 0 radical (unpaired) electrons. The van der Waals surface area contributed by atoms with Crippen molar-refractivity contribution in [1.29, 1.82) is 0 Å². The van der Waals surface area contributed by atoms with Gasteiger partial charge in [0.1, 0.15) is 5.82 Å². The van der Waals surface area contributed by atoms with Crippen LogP contribution in [-0.4, -0.2) is 17.1 Å². The second kappa shape index (κ2) is 6.53. The molecule has 20 heavy (non-hydrogen) atoms. The van der Waals surface area contributed by atoms with Crippen LogP contribution in [0.5, 0.6) is 0 Å². The molecule has 0 saturated carbocycles. The standard InChI is InChI=1S/C17H22N2O/c1-4-16(20)15-10-11-17(18-13(15)2)19(3)12-14-8-6-5-7-9-14/h5-11,16,20H,4,12H2,1-3H3/t16-/m0/s1. The molecule has 1 atom stereocenters. The van der Waals surface area contributed by atoms with Crippen LogP contribution in [0.4, 0.5) is 5.82 Å². The first kappa shape index (κ1) is 14.5. The van der Waals surface area contributed by atoms with Crippen LogP contribution in [0.1, 0.15) is 36.3 Å². The SMILES string of the molecule is CC[C@H](O)c1ccc(N(C)Cc2ccccc2)nc1C. The fraction of sp³-hybridized carbons (Fsp3) is 0.353. The number of hydrogen-bond acceptors (Lipinski definition) is 3. The lowest BCUT2D eigenvalue weighted by molar-refractivity contribution is 0.172. The Morgan fingerprint density at radius 2 is 1.85 bits per heavy atom. The molecule has 1 aromatic heterocycles. The number of hydrogen-bond donors (Lipinski definition) is 1. The van der Waals surface area contributed by atoms with E-state index in [-0.39, 0.29) is 0 Å². The van der Waals surface area contributed by atoms with Gasteiger partial charge in [0, 0.05) is 24.8 Å². The van der Waals surface area contributed by atoms with Gasteiger partial charge in [0.15, 0.2) is 0 Å². The van der Waals surface area contributed by atoms with E-state index in [0.717, 1.165) is 23.6 Å². The predicted molar refractivity (Wildman–Crippen MR) is 82.8 cm³/mol. The molecule has 0 aliphatic heterocycles. The van der Waals surface area contributed by atoms with Gasteiger partial charge < -0.3 is 10.0 Å². The van der Waals surface area contributed by atoms with Gasteiger partial charge in [-0.15, -0.1) is 0 Å². The molecule has 1 N–H and O–H groups in total. The zero-order valence-electron chi connectivity index (χ0n) is 12.4. The van der Waals surface area contributed by atoms with E-state index in [0.29, 0.717) is 6.42 Å². The number of nitrogens with zero attached hydrogens (tertiary/aromatic N) is 2. The Morgan fingerprint density at radius 1 is 1.15 bits per heavy atom. The number of aryl methyl sites for hydroxylation is 1. The van der Waals surface area contributed by atoms with Gasteiger partial charge in [-0.1, -0.05) is 43.3 Å². The molecule has 3 nitrogen and oxygen atoms in total. The molecule has 0 unspecified atom stereocenters. The summed E-state index contributed by atoms with van der Waals surface area (Å²) in [4.78, 5) is 6.72. The number of aliphatic hydroxyl groups is 1. The molecule has 1 heterocycles. The van der Waals surface area contributed by atoms with Gasteiger partial charge in [-0.3, -0.25) is 0 Å². The lowest BCUT2D eigenvalue weighted by Gasteiger charge is -2.20. The quantitative estimate of drug-likeness (QED) is 0.903. The summed E-state index contributed by atoms with van der Waals surface area (Å²) in [5.74, 6) is 0.929. The highest BCUT2D eigenvalue weighted by Crippen LogP contribution is 2.22. The third kappa shape index (κ3) is 3.36. The van der Waals surface area contributed by atoms with Crippen LogP contribution in [0.15, 0.2) is 42.5 Å². The van der Waals surface area contributed by atoms with E-state index in [1.165, 1.54) is 5.56 Å². The largest absolute Gasteiger partial charge is 0.388 e. The maximum absolute atomic E-state index is 9.92. The van der Waals surface area contributed by atoms with E-state index in [1.54, 1.807) is 0 Å².